The number of hydrogen-bond donors (Lipinski definition) is 1. The predicted molar refractivity (Wildman–Crippen MR) is 78.2 cm³/mol. The van der Waals surface area contributed by atoms with Crippen molar-refractivity contribution in [2.24, 2.45) is 0 Å². The van der Waals surface area contributed by atoms with Gasteiger partial charge in [-0.3, -0.25) is 0 Å². The maximum Gasteiger partial charge on any atom is 0.433 e. The second kappa shape index (κ2) is 6.19. The molecule has 2 aromatic rings. The van der Waals surface area contributed by atoms with E-state index in [4.69, 9.17) is 0 Å². The van der Waals surface area contributed by atoms with Gasteiger partial charge in [0.1, 0.15) is 0 Å². The molecule has 0 spiro atoms. The summed E-state index contributed by atoms with van der Waals surface area (Å²) in [7, 11) is 0. The third kappa shape index (κ3) is 3.85. The molecule has 0 aliphatic carbocycles. The third-order valence-corrected chi connectivity index (χ3v) is 3.41. The Morgan fingerprint density at radius 3 is 2.38 bits per heavy atom. The summed E-state index contributed by atoms with van der Waals surface area (Å²) in [6.07, 6.45) is -3.20. The van der Waals surface area contributed by atoms with E-state index in [1.165, 1.54) is 6.20 Å². The SMILES string of the molecule is CC(C)NCc1cnn(-c2ccc(Br)cc2)c1C(F)(F)F. The van der Waals surface area contributed by atoms with Crippen LogP contribution in [0.3, 0.4) is 0 Å². The van der Waals surface area contributed by atoms with Crippen molar-refractivity contribution in [2.75, 3.05) is 0 Å². The van der Waals surface area contributed by atoms with E-state index < -0.39 is 11.9 Å². The predicted octanol–water partition coefficient (Wildman–Crippen LogP) is 4.15. The zero-order valence-corrected chi connectivity index (χ0v) is 13.2. The first-order chi connectivity index (χ1) is 9.79. The highest BCUT2D eigenvalue weighted by Crippen LogP contribution is 2.33. The number of halogens is 4. The highest BCUT2D eigenvalue weighted by Gasteiger charge is 2.38. The maximum atomic E-state index is 13.3. The van der Waals surface area contributed by atoms with Gasteiger partial charge in [-0.1, -0.05) is 29.8 Å². The van der Waals surface area contributed by atoms with Crippen molar-refractivity contribution in [3.8, 4) is 5.69 Å². The molecule has 1 heterocycles. The van der Waals surface area contributed by atoms with Crippen LogP contribution in [-0.4, -0.2) is 15.8 Å². The fourth-order valence-electron chi connectivity index (χ4n) is 1.91. The van der Waals surface area contributed by atoms with Crippen molar-refractivity contribution in [3.05, 3.63) is 46.2 Å². The summed E-state index contributed by atoms with van der Waals surface area (Å²) in [4.78, 5) is 0. The molecule has 0 aliphatic rings. The zero-order chi connectivity index (χ0) is 15.6. The smallest absolute Gasteiger partial charge is 0.310 e. The number of aromatic nitrogens is 2. The Labute approximate surface area is 129 Å². The van der Waals surface area contributed by atoms with Gasteiger partial charge in [0.05, 0.1) is 11.9 Å². The van der Waals surface area contributed by atoms with Crippen molar-refractivity contribution in [3.63, 3.8) is 0 Å². The molecule has 0 saturated carbocycles. The van der Waals surface area contributed by atoms with Crippen molar-refractivity contribution < 1.29 is 13.2 Å². The lowest BCUT2D eigenvalue weighted by atomic mass is 10.2. The fraction of sp³-hybridized carbons (Fsp3) is 0.357. The highest BCUT2D eigenvalue weighted by atomic mass is 79.9. The molecule has 0 unspecified atom stereocenters. The summed E-state index contributed by atoms with van der Waals surface area (Å²) in [6, 6.07) is 6.65. The molecule has 0 aliphatic heterocycles. The molecule has 0 bridgehead atoms. The van der Waals surface area contributed by atoms with Gasteiger partial charge in [0.15, 0.2) is 5.69 Å². The average molecular weight is 362 g/mol. The van der Waals surface area contributed by atoms with Crippen molar-refractivity contribution >= 4 is 15.9 Å². The summed E-state index contributed by atoms with van der Waals surface area (Å²) in [5.41, 5.74) is -0.224. The first-order valence-corrected chi connectivity index (χ1v) is 7.21. The van der Waals surface area contributed by atoms with Crippen LogP contribution in [0.25, 0.3) is 5.69 Å². The minimum Gasteiger partial charge on any atom is -0.310 e. The van der Waals surface area contributed by atoms with E-state index in [1.807, 2.05) is 13.8 Å². The van der Waals surface area contributed by atoms with E-state index in [0.717, 1.165) is 9.15 Å². The summed E-state index contributed by atoms with van der Waals surface area (Å²) < 4.78 is 41.7. The minimum atomic E-state index is -4.46. The first kappa shape index (κ1) is 16.0. The van der Waals surface area contributed by atoms with Gasteiger partial charge >= 0.3 is 6.18 Å². The quantitative estimate of drug-likeness (QED) is 0.886. The van der Waals surface area contributed by atoms with Crippen LogP contribution < -0.4 is 5.32 Å². The van der Waals surface area contributed by atoms with E-state index >= 15 is 0 Å². The van der Waals surface area contributed by atoms with Gasteiger partial charge in [0, 0.05) is 22.6 Å². The number of nitrogens with one attached hydrogen (secondary N) is 1. The molecule has 0 atom stereocenters. The van der Waals surface area contributed by atoms with Crippen LogP contribution in [0.2, 0.25) is 0 Å². The minimum absolute atomic E-state index is 0.0992. The van der Waals surface area contributed by atoms with Gasteiger partial charge < -0.3 is 5.32 Å². The van der Waals surface area contributed by atoms with Crippen LogP contribution in [0.5, 0.6) is 0 Å². The summed E-state index contributed by atoms with van der Waals surface area (Å²) in [5, 5.41) is 6.89. The topological polar surface area (TPSA) is 29.9 Å². The molecule has 2 rings (SSSR count). The molecule has 0 amide bonds. The van der Waals surface area contributed by atoms with E-state index in [2.05, 4.69) is 26.3 Å². The van der Waals surface area contributed by atoms with E-state index in [1.54, 1.807) is 24.3 Å². The molecule has 3 nitrogen and oxygen atoms in total. The molecule has 1 aromatic carbocycles. The van der Waals surface area contributed by atoms with Crippen LogP contribution in [-0.2, 0) is 12.7 Å². The molecule has 0 fully saturated rings. The fourth-order valence-corrected chi connectivity index (χ4v) is 2.17. The highest BCUT2D eigenvalue weighted by molar-refractivity contribution is 9.10. The standard InChI is InChI=1S/C14H15BrF3N3/c1-9(2)19-7-10-8-20-21(13(10)14(16,17)18)12-5-3-11(15)4-6-12/h3-6,8-9,19H,7H2,1-2H3. The third-order valence-electron chi connectivity index (χ3n) is 2.89. The molecule has 1 N–H and O–H groups in total. The Balaban J connectivity index is 2.44. The van der Waals surface area contributed by atoms with Gasteiger partial charge in [0.25, 0.3) is 0 Å². The Morgan fingerprint density at radius 2 is 1.86 bits per heavy atom. The maximum absolute atomic E-state index is 13.3. The summed E-state index contributed by atoms with van der Waals surface area (Å²) >= 11 is 3.26. The molecular formula is C14H15BrF3N3. The Morgan fingerprint density at radius 1 is 1.24 bits per heavy atom. The van der Waals surface area contributed by atoms with Gasteiger partial charge in [-0.15, -0.1) is 0 Å². The number of hydrogen-bond acceptors (Lipinski definition) is 2. The number of alkyl halides is 3. The molecule has 0 saturated heterocycles. The summed E-state index contributed by atoms with van der Waals surface area (Å²) in [6.45, 7) is 3.89. The van der Waals surface area contributed by atoms with Crippen LogP contribution >= 0.6 is 15.9 Å². The Hall–Kier alpha value is -1.34. The molecule has 114 valence electrons. The van der Waals surface area contributed by atoms with Crippen LogP contribution in [0.4, 0.5) is 13.2 Å². The molecule has 7 heteroatoms. The Kier molecular flexibility index (Phi) is 4.73. The van der Waals surface area contributed by atoms with E-state index in [0.29, 0.717) is 5.69 Å². The molecule has 21 heavy (non-hydrogen) atoms. The Bertz CT molecular complexity index is 603. The van der Waals surface area contributed by atoms with Gasteiger partial charge in [-0.2, -0.15) is 18.3 Å². The zero-order valence-electron chi connectivity index (χ0n) is 11.6. The normalized spacial score (nSPS) is 12.1. The van der Waals surface area contributed by atoms with Crippen molar-refractivity contribution in [1.82, 2.24) is 15.1 Å². The van der Waals surface area contributed by atoms with Crippen LogP contribution in [0.1, 0.15) is 25.1 Å². The average Bonchev–Trinajstić information content (AvgIpc) is 2.81. The second-order valence-corrected chi connectivity index (χ2v) is 5.86. The molecule has 0 radical (unpaired) electrons. The monoisotopic (exact) mass is 361 g/mol. The number of rotatable bonds is 4. The van der Waals surface area contributed by atoms with E-state index in [9.17, 15) is 13.2 Å². The largest absolute Gasteiger partial charge is 0.433 e. The van der Waals surface area contributed by atoms with Gasteiger partial charge in [0.2, 0.25) is 0 Å². The van der Waals surface area contributed by atoms with Crippen molar-refractivity contribution in [1.29, 1.82) is 0 Å². The lowest BCUT2D eigenvalue weighted by Gasteiger charge is -2.14. The number of nitrogens with zero attached hydrogens (tertiary/aromatic N) is 2. The second-order valence-electron chi connectivity index (χ2n) is 4.94. The van der Waals surface area contributed by atoms with Crippen LogP contribution in [0, 0.1) is 0 Å². The van der Waals surface area contributed by atoms with E-state index in [-0.39, 0.29) is 18.2 Å². The van der Waals surface area contributed by atoms with Gasteiger partial charge in [-0.25, -0.2) is 4.68 Å². The lowest BCUT2D eigenvalue weighted by Crippen LogP contribution is -2.24. The van der Waals surface area contributed by atoms with Crippen molar-refractivity contribution in [2.45, 2.75) is 32.6 Å². The van der Waals surface area contributed by atoms with Gasteiger partial charge in [-0.05, 0) is 24.3 Å². The lowest BCUT2D eigenvalue weighted by molar-refractivity contribution is -0.143. The molecule has 1 aromatic heterocycles. The van der Waals surface area contributed by atoms with Crippen LogP contribution in [0.15, 0.2) is 34.9 Å². The molecular weight excluding hydrogens is 347 g/mol. The summed E-state index contributed by atoms with van der Waals surface area (Å²) in [5.74, 6) is 0. The first-order valence-electron chi connectivity index (χ1n) is 6.42. The number of benzene rings is 1.